The number of fused-ring (bicyclic) bond motifs is 2. The summed E-state index contributed by atoms with van der Waals surface area (Å²) in [6.45, 7) is 21.2. The molecule has 6 heterocycles. The number of likely N-dealkylation sites (tertiary alicyclic amines) is 1. The van der Waals surface area contributed by atoms with Crippen LogP contribution in [0.2, 0.25) is 10.0 Å². The number of piperazine rings is 2. The Morgan fingerprint density at radius 3 is 1.62 bits per heavy atom. The van der Waals surface area contributed by atoms with Crippen LogP contribution in [0.3, 0.4) is 0 Å². The van der Waals surface area contributed by atoms with Crippen LogP contribution in [0.25, 0.3) is 21.8 Å². The zero-order valence-corrected chi connectivity index (χ0v) is 45.2. The Morgan fingerprint density at radius 1 is 0.595 bits per heavy atom. The van der Waals surface area contributed by atoms with Crippen molar-refractivity contribution in [2.24, 2.45) is 0 Å². The second-order valence-electron chi connectivity index (χ2n) is 20.1. The lowest BCUT2D eigenvalue weighted by molar-refractivity contribution is -0.125. The fourth-order valence-electron chi connectivity index (χ4n) is 10.6. The van der Waals surface area contributed by atoms with E-state index in [2.05, 4.69) is 58.0 Å². The summed E-state index contributed by atoms with van der Waals surface area (Å²) in [5.41, 5.74) is 5.27. The van der Waals surface area contributed by atoms with Gasteiger partial charge in [0.2, 0.25) is 0 Å². The number of amides is 3. The lowest BCUT2D eigenvalue weighted by Gasteiger charge is -2.44. The highest BCUT2D eigenvalue weighted by Gasteiger charge is 2.36. The van der Waals surface area contributed by atoms with Gasteiger partial charge in [0.05, 0.1) is 29.9 Å². The summed E-state index contributed by atoms with van der Waals surface area (Å²) in [5, 5.41) is 6.26. The minimum Gasteiger partial charge on any atom is -0.493 e. The molecule has 4 aromatic carbocycles. The second-order valence-corrected chi connectivity index (χ2v) is 21.0. The molecule has 4 atom stereocenters. The largest absolute Gasteiger partial charge is 0.493 e. The number of rotatable bonds is 12. The Bertz CT molecular complexity index is 2900. The van der Waals surface area contributed by atoms with Crippen LogP contribution in [0.4, 0.5) is 0 Å². The van der Waals surface area contributed by atoms with Crippen molar-refractivity contribution in [1.82, 2.24) is 39.8 Å². The van der Waals surface area contributed by atoms with Crippen molar-refractivity contribution in [3.8, 4) is 11.5 Å². The number of aromatic nitrogens is 2. The van der Waals surface area contributed by atoms with Gasteiger partial charge in [-0.25, -0.2) is 0 Å². The Hall–Kier alpha value is -5.90. The van der Waals surface area contributed by atoms with E-state index >= 15 is 0 Å². The zero-order valence-electron chi connectivity index (χ0n) is 43.7. The average molecular weight is 1050 g/mol. The summed E-state index contributed by atoms with van der Waals surface area (Å²) in [6, 6.07) is 25.6. The van der Waals surface area contributed by atoms with Crippen LogP contribution in [0.15, 0.2) is 91.3 Å². The first-order valence-corrected chi connectivity index (χ1v) is 27.1. The molecular formula is C58H72Cl2N8O6. The van der Waals surface area contributed by atoms with Gasteiger partial charge in [-0.05, 0) is 134 Å². The van der Waals surface area contributed by atoms with Gasteiger partial charge in [0, 0.05) is 133 Å². The first kappa shape index (κ1) is 54.4. The van der Waals surface area contributed by atoms with Gasteiger partial charge in [0.25, 0.3) is 23.5 Å². The van der Waals surface area contributed by atoms with E-state index in [1.54, 1.807) is 23.2 Å². The highest BCUT2D eigenvalue weighted by molar-refractivity contribution is 6.45. The Kier molecular flexibility index (Phi) is 18.4. The molecule has 14 nitrogen and oxygen atoms in total. The molecule has 16 heteroatoms. The number of hydrogen-bond donors (Lipinski definition) is 3. The summed E-state index contributed by atoms with van der Waals surface area (Å²) in [6.07, 6.45) is 8.04. The first-order chi connectivity index (χ1) is 35.7. The molecule has 0 aliphatic carbocycles. The van der Waals surface area contributed by atoms with Gasteiger partial charge < -0.3 is 39.5 Å². The van der Waals surface area contributed by atoms with E-state index in [1.807, 2.05) is 91.4 Å². The number of Topliss-reactive ketones (excluding diaryl/α,β-unsaturated/α-hetero) is 1. The van der Waals surface area contributed by atoms with Crippen LogP contribution in [-0.4, -0.2) is 148 Å². The molecule has 0 bridgehead atoms. The van der Waals surface area contributed by atoms with Crippen molar-refractivity contribution in [3.05, 3.63) is 129 Å². The molecule has 0 saturated carbocycles. The van der Waals surface area contributed by atoms with E-state index in [0.717, 1.165) is 54.0 Å². The molecule has 2 aromatic heterocycles. The van der Waals surface area contributed by atoms with Gasteiger partial charge in [0.15, 0.2) is 0 Å². The minimum absolute atomic E-state index is 0.0308. The van der Waals surface area contributed by atoms with Crippen molar-refractivity contribution >= 4 is 68.5 Å². The maximum atomic E-state index is 14.0. The fourth-order valence-corrected chi connectivity index (χ4v) is 11.0. The summed E-state index contributed by atoms with van der Waals surface area (Å²) in [7, 11) is 0. The molecule has 74 heavy (non-hydrogen) atoms. The van der Waals surface area contributed by atoms with Gasteiger partial charge in [-0.1, -0.05) is 47.5 Å². The monoisotopic (exact) mass is 1050 g/mol. The number of hydrogen-bond acceptors (Lipinski definition) is 9. The number of nitrogens with one attached hydrogen (secondary N) is 3. The SMILES string of the molecule is C1CCNC1.CCOc1cc2[nH]cc(C(=O)C(=O)N3CCCC3)c2cc1C(=O)N1C[C@H](C)N(Cc2cccc(Cl)c2)C[C@H]1C.CCOc1cc2[nH]ccc2cc1C(=O)N1C[C@H](C)N(Cc2cccc(Cl)c2)C[C@H]1C. The van der Waals surface area contributed by atoms with Crippen LogP contribution in [-0.2, 0) is 17.9 Å². The van der Waals surface area contributed by atoms with Gasteiger partial charge >= 0.3 is 0 Å². The summed E-state index contributed by atoms with van der Waals surface area (Å²) in [4.78, 5) is 70.0. The third kappa shape index (κ3) is 12.9. The van der Waals surface area contributed by atoms with Crippen LogP contribution >= 0.6 is 23.2 Å². The molecule has 394 valence electrons. The fraction of sp³-hybridized carbons (Fsp3) is 0.448. The highest BCUT2D eigenvalue weighted by atomic mass is 35.5. The zero-order chi connectivity index (χ0) is 52.5. The topological polar surface area (TPSA) is 147 Å². The number of carbonyl (C=O) groups is 4. The van der Waals surface area contributed by atoms with Gasteiger partial charge in [-0.15, -0.1) is 0 Å². The Labute approximate surface area is 445 Å². The molecule has 3 N–H and O–H groups in total. The van der Waals surface area contributed by atoms with Crippen molar-refractivity contribution in [2.45, 2.75) is 104 Å². The lowest BCUT2D eigenvalue weighted by atomic mass is 10.0. The van der Waals surface area contributed by atoms with E-state index in [0.29, 0.717) is 84.5 Å². The van der Waals surface area contributed by atoms with Crippen LogP contribution in [0, 0.1) is 0 Å². The molecule has 0 unspecified atom stereocenters. The standard InChI is InChI=1S/C30H35ClN4O4.C24H28ClN3O2.C4H9N/c1-4-39-27-14-26-23(25(15-32-26)28(36)30(38)33-10-5-6-11-33)13-24(27)29(37)35-17-19(2)34(16-20(35)3)18-21-8-7-9-22(31)12-21;1-4-30-23-12-22-19(8-9-26-22)11-21(23)24(29)28-14-16(2)27(13-17(28)3)15-18-6-5-7-20(25)10-18;1-2-4-5-3-1/h7-9,12-15,19-20,32H,4-6,10-11,16-18H2,1-3H3;5-12,16-17,26H,4,13-15H2,1-3H3;5H,1-4H2/t19-,20+;16-,17+;/m00./s1. The van der Waals surface area contributed by atoms with Crippen molar-refractivity contribution in [1.29, 1.82) is 0 Å². The molecular weight excluding hydrogens is 976 g/mol. The second kappa shape index (κ2) is 25.1. The van der Waals surface area contributed by atoms with Crippen molar-refractivity contribution in [3.63, 3.8) is 0 Å². The van der Waals surface area contributed by atoms with E-state index < -0.39 is 11.7 Å². The molecule has 4 fully saturated rings. The molecule has 4 aliphatic heterocycles. The van der Waals surface area contributed by atoms with Gasteiger partial charge in [-0.2, -0.15) is 0 Å². The number of H-pyrrole nitrogens is 2. The van der Waals surface area contributed by atoms with Gasteiger partial charge in [0.1, 0.15) is 11.5 Å². The van der Waals surface area contributed by atoms with E-state index in [1.165, 1.54) is 31.5 Å². The van der Waals surface area contributed by atoms with Crippen molar-refractivity contribution < 1.29 is 28.7 Å². The number of carbonyl (C=O) groups excluding carboxylic acids is 4. The number of halogens is 2. The molecule has 0 spiro atoms. The molecule has 0 radical (unpaired) electrons. The Balaban J connectivity index is 0.000000185. The number of benzene rings is 4. The third-order valence-corrected chi connectivity index (χ3v) is 15.1. The smallest absolute Gasteiger partial charge is 0.295 e. The molecule has 4 aliphatic rings. The number of ketones is 1. The molecule has 4 saturated heterocycles. The average Bonchev–Trinajstić information content (AvgIpc) is 4.25. The van der Waals surface area contributed by atoms with Crippen molar-refractivity contribution in [2.75, 3.05) is 65.6 Å². The van der Waals surface area contributed by atoms with Gasteiger partial charge in [-0.3, -0.25) is 29.0 Å². The van der Waals surface area contributed by atoms with Crippen LogP contribution in [0.1, 0.15) is 109 Å². The Morgan fingerprint density at radius 2 is 1.12 bits per heavy atom. The first-order valence-electron chi connectivity index (χ1n) is 26.4. The summed E-state index contributed by atoms with van der Waals surface area (Å²) < 4.78 is 11.7. The highest BCUT2D eigenvalue weighted by Crippen LogP contribution is 2.33. The molecule has 10 rings (SSSR count). The predicted octanol–water partition coefficient (Wildman–Crippen LogP) is 10.1. The van der Waals surface area contributed by atoms with Crippen LogP contribution < -0.4 is 14.8 Å². The van der Waals surface area contributed by atoms with E-state index in [9.17, 15) is 19.2 Å². The number of aromatic amines is 2. The lowest BCUT2D eigenvalue weighted by Crippen LogP contribution is -2.57. The van der Waals surface area contributed by atoms with E-state index in [4.69, 9.17) is 32.7 Å². The van der Waals surface area contributed by atoms with E-state index in [-0.39, 0.29) is 41.5 Å². The maximum absolute atomic E-state index is 14.0. The third-order valence-electron chi connectivity index (χ3n) is 14.6. The summed E-state index contributed by atoms with van der Waals surface area (Å²) in [5.74, 6) is -0.0618. The van der Waals surface area contributed by atoms with Crippen LogP contribution in [0.5, 0.6) is 11.5 Å². The number of nitrogens with zero attached hydrogens (tertiary/aromatic N) is 5. The quantitative estimate of drug-likeness (QED) is 0.0805. The molecule has 6 aromatic rings. The summed E-state index contributed by atoms with van der Waals surface area (Å²) >= 11 is 12.3. The predicted molar refractivity (Wildman–Crippen MR) is 295 cm³/mol. The molecule has 3 amide bonds. The normalized spacial score (nSPS) is 20.2. The maximum Gasteiger partial charge on any atom is 0.295 e. The minimum atomic E-state index is -0.553. The number of ether oxygens (including phenoxy) is 2.